The number of aromatic nitrogens is 4. The average Bonchev–Trinajstić information content (AvgIpc) is 2.76. The Morgan fingerprint density at radius 2 is 2.29 bits per heavy atom. The summed E-state index contributed by atoms with van der Waals surface area (Å²) in [5.74, 6) is 1.01. The maximum absolute atomic E-state index is 5.94. The number of hydrogen-bond donors (Lipinski definition) is 0. The van der Waals surface area contributed by atoms with Gasteiger partial charge in [-0.1, -0.05) is 11.6 Å². The number of halogens is 1. The van der Waals surface area contributed by atoms with Gasteiger partial charge in [0.15, 0.2) is 0 Å². The molecule has 6 heteroatoms. The van der Waals surface area contributed by atoms with E-state index in [0.717, 1.165) is 42.7 Å². The fourth-order valence-electron chi connectivity index (χ4n) is 2.02. The van der Waals surface area contributed by atoms with Gasteiger partial charge in [-0.15, -0.1) is 10.2 Å². The Labute approximate surface area is 104 Å². The van der Waals surface area contributed by atoms with Crippen molar-refractivity contribution in [1.82, 2.24) is 24.6 Å². The van der Waals surface area contributed by atoms with Gasteiger partial charge in [0, 0.05) is 30.9 Å². The summed E-state index contributed by atoms with van der Waals surface area (Å²) in [7, 11) is 0. The van der Waals surface area contributed by atoms with Gasteiger partial charge >= 0.3 is 0 Å². The lowest BCUT2D eigenvalue weighted by Crippen LogP contribution is -2.33. The summed E-state index contributed by atoms with van der Waals surface area (Å²) < 4.78 is 2.09. The van der Waals surface area contributed by atoms with Gasteiger partial charge in [0.25, 0.3) is 0 Å². The predicted molar refractivity (Wildman–Crippen MR) is 63.4 cm³/mol. The summed E-state index contributed by atoms with van der Waals surface area (Å²) in [6.45, 7) is 3.53. The fraction of sp³-hybridized carbons (Fsp3) is 0.364. The van der Waals surface area contributed by atoms with E-state index in [9.17, 15) is 0 Å². The van der Waals surface area contributed by atoms with Gasteiger partial charge in [0.2, 0.25) is 0 Å². The first-order chi connectivity index (χ1) is 8.31. The van der Waals surface area contributed by atoms with Crippen LogP contribution in [0.25, 0.3) is 0 Å². The minimum atomic E-state index is 0.732. The lowest BCUT2D eigenvalue weighted by molar-refractivity contribution is 0.206. The van der Waals surface area contributed by atoms with Crippen molar-refractivity contribution in [3.05, 3.63) is 41.2 Å². The van der Waals surface area contributed by atoms with Crippen molar-refractivity contribution in [3.8, 4) is 0 Å². The van der Waals surface area contributed by atoms with Crippen molar-refractivity contribution < 1.29 is 0 Å². The molecular formula is C11H12ClN5. The third-order valence-electron chi connectivity index (χ3n) is 2.88. The molecule has 0 amide bonds. The first-order valence-electron chi connectivity index (χ1n) is 5.51. The molecule has 0 fully saturated rings. The van der Waals surface area contributed by atoms with Crippen molar-refractivity contribution in [2.45, 2.75) is 19.6 Å². The molecule has 0 radical (unpaired) electrons. The summed E-state index contributed by atoms with van der Waals surface area (Å²) in [5.41, 5.74) is 0.991. The smallest absolute Gasteiger partial charge is 0.147 e. The highest BCUT2D eigenvalue weighted by Gasteiger charge is 2.17. The molecule has 17 heavy (non-hydrogen) atoms. The quantitative estimate of drug-likeness (QED) is 0.806. The molecule has 88 valence electrons. The molecule has 3 heterocycles. The molecule has 0 saturated carbocycles. The molecule has 5 nitrogen and oxygen atoms in total. The van der Waals surface area contributed by atoms with Crippen molar-refractivity contribution >= 4 is 11.6 Å². The monoisotopic (exact) mass is 249 g/mol. The molecule has 2 aromatic heterocycles. The van der Waals surface area contributed by atoms with Crippen LogP contribution in [0.2, 0.25) is 5.02 Å². The maximum Gasteiger partial charge on any atom is 0.147 e. The zero-order chi connectivity index (χ0) is 11.7. The molecule has 0 N–H and O–H groups in total. The first kappa shape index (κ1) is 10.7. The van der Waals surface area contributed by atoms with Crippen LogP contribution in [0.1, 0.15) is 11.5 Å². The Kier molecular flexibility index (Phi) is 2.78. The standard InChI is InChI=1S/C11H12ClN5/c12-9-1-2-13-10(5-9)6-16-3-4-17-8-14-15-11(17)7-16/h1-2,5,8H,3-4,6-7H2. The van der Waals surface area contributed by atoms with Crippen molar-refractivity contribution in [2.24, 2.45) is 0 Å². The third-order valence-corrected chi connectivity index (χ3v) is 3.12. The third kappa shape index (κ3) is 2.30. The van der Waals surface area contributed by atoms with E-state index in [1.807, 2.05) is 6.07 Å². The second-order valence-electron chi connectivity index (χ2n) is 4.12. The largest absolute Gasteiger partial charge is 0.315 e. The number of fused-ring (bicyclic) bond motifs is 1. The van der Waals surface area contributed by atoms with Crippen LogP contribution < -0.4 is 0 Å². The van der Waals surface area contributed by atoms with Gasteiger partial charge in [0.1, 0.15) is 12.2 Å². The van der Waals surface area contributed by atoms with Crippen LogP contribution in [0.4, 0.5) is 0 Å². The highest BCUT2D eigenvalue weighted by molar-refractivity contribution is 6.30. The Morgan fingerprint density at radius 1 is 1.35 bits per heavy atom. The molecule has 2 aromatic rings. The lowest BCUT2D eigenvalue weighted by Gasteiger charge is -2.26. The summed E-state index contributed by atoms with van der Waals surface area (Å²) in [5, 5.41) is 8.73. The van der Waals surface area contributed by atoms with Crippen molar-refractivity contribution in [2.75, 3.05) is 6.54 Å². The van der Waals surface area contributed by atoms with Crippen LogP contribution in [0.5, 0.6) is 0 Å². The van der Waals surface area contributed by atoms with Crippen molar-refractivity contribution in [1.29, 1.82) is 0 Å². The zero-order valence-electron chi connectivity index (χ0n) is 9.25. The molecule has 0 bridgehead atoms. The Morgan fingerprint density at radius 3 is 3.18 bits per heavy atom. The predicted octanol–water partition coefficient (Wildman–Crippen LogP) is 1.34. The van der Waals surface area contributed by atoms with Gasteiger partial charge in [-0.3, -0.25) is 9.88 Å². The van der Waals surface area contributed by atoms with E-state index in [0.29, 0.717) is 0 Å². The highest BCUT2D eigenvalue weighted by atomic mass is 35.5. The molecule has 3 rings (SSSR count). The second-order valence-corrected chi connectivity index (χ2v) is 4.55. The Hall–Kier alpha value is -1.46. The van der Waals surface area contributed by atoms with Crippen LogP contribution in [-0.2, 0) is 19.6 Å². The molecule has 0 unspecified atom stereocenters. The summed E-state index contributed by atoms with van der Waals surface area (Å²) in [6, 6.07) is 3.69. The molecule has 1 aliphatic heterocycles. The molecule has 1 aliphatic rings. The van der Waals surface area contributed by atoms with Gasteiger partial charge < -0.3 is 4.57 Å². The minimum absolute atomic E-state index is 0.732. The van der Waals surface area contributed by atoms with E-state index >= 15 is 0 Å². The highest BCUT2D eigenvalue weighted by Crippen LogP contribution is 2.14. The second kappa shape index (κ2) is 4.43. The minimum Gasteiger partial charge on any atom is -0.315 e. The van der Waals surface area contributed by atoms with E-state index in [1.165, 1.54) is 0 Å². The van der Waals surface area contributed by atoms with Crippen molar-refractivity contribution in [3.63, 3.8) is 0 Å². The summed E-state index contributed by atoms with van der Waals surface area (Å²) in [4.78, 5) is 6.60. The SMILES string of the molecule is Clc1ccnc(CN2CCn3cnnc3C2)c1. The van der Waals surface area contributed by atoms with Gasteiger partial charge in [-0.2, -0.15) is 0 Å². The average molecular weight is 250 g/mol. The summed E-state index contributed by atoms with van der Waals surface area (Å²) in [6.07, 6.45) is 3.52. The number of pyridine rings is 1. The van der Waals surface area contributed by atoms with Crippen LogP contribution >= 0.6 is 11.6 Å². The number of rotatable bonds is 2. The molecule has 0 saturated heterocycles. The van der Waals surface area contributed by atoms with Crippen LogP contribution in [0, 0.1) is 0 Å². The molecule has 0 aromatic carbocycles. The van der Waals surface area contributed by atoms with Crippen LogP contribution in [-0.4, -0.2) is 31.2 Å². The van der Waals surface area contributed by atoms with E-state index in [1.54, 1.807) is 18.6 Å². The molecule has 0 spiro atoms. The van der Waals surface area contributed by atoms with E-state index < -0.39 is 0 Å². The zero-order valence-corrected chi connectivity index (χ0v) is 10.0. The molecule has 0 aliphatic carbocycles. The Balaban J connectivity index is 1.72. The maximum atomic E-state index is 5.94. The van der Waals surface area contributed by atoms with Gasteiger partial charge in [-0.05, 0) is 12.1 Å². The fourth-order valence-corrected chi connectivity index (χ4v) is 2.20. The van der Waals surface area contributed by atoms with Gasteiger partial charge in [0.05, 0.1) is 12.2 Å². The van der Waals surface area contributed by atoms with E-state index in [-0.39, 0.29) is 0 Å². The van der Waals surface area contributed by atoms with Gasteiger partial charge in [-0.25, -0.2) is 0 Å². The number of nitrogens with zero attached hydrogens (tertiary/aromatic N) is 5. The van der Waals surface area contributed by atoms with E-state index in [4.69, 9.17) is 11.6 Å². The molecule has 0 atom stereocenters. The topological polar surface area (TPSA) is 46.8 Å². The van der Waals surface area contributed by atoms with Crippen LogP contribution in [0.3, 0.4) is 0 Å². The first-order valence-corrected chi connectivity index (χ1v) is 5.88. The molecular weight excluding hydrogens is 238 g/mol. The number of hydrogen-bond acceptors (Lipinski definition) is 4. The normalized spacial score (nSPS) is 15.8. The Bertz CT molecular complexity index is 524. The van der Waals surface area contributed by atoms with Crippen LogP contribution in [0.15, 0.2) is 24.7 Å². The summed E-state index contributed by atoms with van der Waals surface area (Å²) >= 11 is 5.94. The lowest BCUT2D eigenvalue weighted by atomic mass is 10.3. The van der Waals surface area contributed by atoms with E-state index in [2.05, 4.69) is 24.6 Å².